The standard InChI is InChI=1S/C17H18N2O4S/c1-12-5-3-4-6-15(12)18-24(21,22)14-7-8-17-16(11-14)19(13(2)20)9-10-23-17/h3-8,11,18H,9-10H2,1-2H3. The Morgan fingerprint density at radius 1 is 1.21 bits per heavy atom. The Labute approximate surface area is 141 Å². The minimum atomic E-state index is -3.76. The van der Waals surface area contributed by atoms with Crippen molar-refractivity contribution in [3.05, 3.63) is 48.0 Å². The van der Waals surface area contributed by atoms with E-state index < -0.39 is 10.0 Å². The van der Waals surface area contributed by atoms with Gasteiger partial charge < -0.3 is 9.64 Å². The van der Waals surface area contributed by atoms with Crippen molar-refractivity contribution < 1.29 is 17.9 Å². The number of anilines is 2. The Balaban J connectivity index is 1.99. The zero-order valence-electron chi connectivity index (χ0n) is 13.4. The fourth-order valence-corrected chi connectivity index (χ4v) is 3.73. The van der Waals surface area contributed by atoms with Crippen LogP contribution in [0.25, 0.3) is 0 Å². The second-order valence-corrected chi connectivity index (χ2v) is 7.25. The van der Waals surface area contributed by atoms with E-state index in [2.05, 4.69) is 4.72 Å². The van der Waals surface area contributed by atoms with E-state index in [1.807, 2.05) is 19.1 Å². The van der Waals surface area contributed by atoms with Crippen LogP contribution < -0.4 is 14.4 Å². The molecule has 6 nitrogen and oxygen atoms in total. The van der Waals surface area contributed by atoms with Crippen LogP contribution in [0.2, 0.25) is 0 Å². The molecule has 0 aliphatic carbocycles. The number of nitrogens with zero attached hydrogens (tertiary/aromatic N) is 1. The Kier molecular flexibility index (Phi) is 4.19. The highest BCUT2D eigenvalue weighted by Gasteiger charge is 2.24. The van der Waals surface area contributed by atoms with Crippen molar-refractivity contribution in [1.82, 2.24) is 0 Å². The lowest BCUT2D eigenvalue weighted by Gasteiger charge is -2.29. The second-order valence-electron chi connectivity index (χ2n) is 5.57. The summed E-state index contributed by atoms with van der Waals surface area (Å²) in [7, 11) is -3.76. The van der Waals surface area contributed by atoms with Gasteiger partial charge in [0.05, 0.1) is 22.8 Å². The number of sulfonamides is 1. The zero-order chi connectivity index (χ0) is 17.3. The molecule has 1 heterocycles. The number of benzene rings is 2. The second kappa shape index (κ2) is 6.16. The summed E-state index contributed by atoms with van der Waals surface area (Å²) >= 11 is 0. The average molecular weight is 346 g/mol. The number of hydrogen-bond donors (Lipinski definition) is 1. The minimum Gasteiger partial charge on any atom is -0.490 e. The molecule has 1 aliphatic heterocycles. The van der Waals surface area contributed by atoms with Crippen molar-refractivity contribution in [3.8, 4) is 5.75 Å². The molecule has 0 saturated heterocycles. The first-order valence-electron chi connectivity index (χ1n) is 7.52. The van der Waals surface area contributed by atoms with E-state index in [9.17, 15) is 13.2 Å². The first-order chi connectivity index (χ1) is 11.4. The third kappa shape index (κ3) is 3.07. The molecule has 3 rings (SSSR count). The molecule has 24 heavy (non-hydrogen) atoms. The van der Waals surface area contributed by atoms with Gasteiger partial charge in [-0.2, -0.15) is 0 Å². The Morgan fingerprint density at radius 3 is 2.67 bits per heavy atom. The number of rotatable bonds is 3. The molecule has 1 N–H and O–H groups in total. The normalized spacial score (nSPS) is 13.8. The van der Waals surface area contributed by atoms with Gasteiger partial charge in [0, 0.05) is 6.92 Å². The number of nitrogens with one attached hydrogen (secondary N) is 1. The molecule has 0 fully saturated rings. The third-order valence-corrected chi connectivity index (χ3v) is 5.24. The van der Waals surface area contributed by atoms with Gasteiger partial charge in [0.15, 0.2) is 0 Å². The predicted octanol–water partition coefficient (Wildman–Crippen LogP) is 2.54. The van der Waals surface area contributed by atoms with E-state index in [1.54, 1.807) is 18.2 Å². The molecular formula is C17H18N2O4S. The van der Waals surface area contributed by atoms with Gasteiger partial charge in [-0.1, -0.05) is 18.2 Å². The highest BCUT2D eigenvalue weighted by molar-refractivity contribution is 7.92. The number of carbonyl (C=O) groups is 1. The van der Waals surface area contributed by atoms with Crippen LogP contribution in [0.15, 0.2) is 47.4 Å². The lowest BCUT2D eigenvalue weighted by molar-refractivity contribution is -0.116. The van der Waals surface area contributed by atoms with E-state index in [0.717, 1.165) is 5.56 Å². The lowest BCUT2D eigenvalue weighted by atomic mass is 10.2. The molecule has 0 saturated carbocycles. The molecule has 1 aliphatic rings. The molecule has 7 heteroatoms. The number of para-hydroxylation sites is 1. The van der Waals surface area contributed by atoms with Gasteiger partial charge in [-0.05, 0) is 36.8 Å². The van der Waals surface area contributed by atoms with Gasteiger partial charge in [0.1, 0.15) is 12.4 Å². The van der Waals surface area contributed by atoms with Crippen molar-refractivity contribution in [2.24, 2.45) is 0 Å². The number of ether oxygens (including phenoxy) is 1. The van der Waals surface area contributed by atoms with E-state index in [1.165, 1.54) is 24.0 Å². The zero-order valence-corrected chi connectivity index (χ0v) is 14.3. The SMILES string of the molecule is CC(=O)N1CCOc2ccc(S(=O)(=O)Nc3ccccc3C)cc21. The Bertz CT molecular complexity index is 893. The van der Waals surface area contributed by atoms with Crippen LogP contribution in [0, 0.1) is 6.92 Å². The fraction of sp³-hybridized carbons (Fsp3) is 0.235. The molecule has 0 unspecified atom stereocenters. The number of carbonyl (C=O) groups excluding carboxylic acids is 1. The quantitative estimate of drug-likeness (QED) is 0.927. The summed E-state index contributed by atoms with van der Waals surface area (Å²) in [5, 5.41) is 0. The summed E-state index contributed by atoms with van der Waals surface area (Å²) < 4.78 is 33.4. The number of amides is 1. The maximum atomic E-state index is 12.7. The molecule has 2 aromatic rings. The van der Waals surface area contributed by atoms with Crippen LogP contribution in [0.5, 0.6) is 5.75 Å². The highest BCUT2D eigenvalue weighted by atomic mass is 32.2. The van der Waals surface area contributed by atoms with Crippen LogP contribution in [-0.4, -0.2) is 27.5 Å². The highest BCUT2D eigenvalue weighted by Crippen LogP contribution is 2.34. The van der Waals surface area contributed by atoms with Gasteiger partial charge in [-0.15, -0.1) is 0 Å². The summed E-state index contributed by atoms with van der Waals surface area (Å²) in [4.78, 5) is 13.4. The molecule has 1 amide bonds. The van der Waals surface area contributed by atoms with E-state index in [-0.39, 0.29) is 10.8 Å². The number of aryl methyl sites for hydroxylation is 1. The predicted molar refractivity (Wildman–Crippen MR) is 92.0 cm³/mol. The smallest absolute Gasteiger partial charge is 0.261 e. The maximum absolute atomic E-state index is 12.7. The maximum Gasteiger partial charge on any atom is 0.261 e. The van der Waals surface area contributed by atoms with E-state index >= 15 is 0 Å². The van der Waals surface area contributed by atoms with E-state index in [0.29, 0.717) is 30.3 Å². The summed E-state index contributed by atoms with van der Waals surface area (Å²) in [6.07, 6.45) is 0. The first kappa shape index (κ1) is 16.3. The topological polar surface area (TPSA) is 75.7 Å². The molecule has 0 aromatic heterocycles. The molecule has 0 radical (unpaired) electrons. The summed E-state index contributed by atoms with van der Waals surface area (Å²) in [5.41, 5.74) is 1.82. The van der Waals surface area contributed by atoms with Crippen LogP contribution >= 0.6 is 0 Å². The minimum absolute atomic E-state index is 0.0845. The lowest BCUT2D eigenvalue weighted by Crippen LogP contribution is -2.36. The molecule has 0 bridgehead atoms. The Morgan fingerprint density at radius 2 is 1.96 bits per heavy atom. The molecule has 0 spiro atoms. The summed E-state index contributed by atoms with van der Waals surface area (Å²) in [6.45, 7) is 4.06. The summed E-state index contributed by atoms with van der Waals surface area (Å²) in [5.74, 6) is 0.354. The number of fused-ring (bicyclic) bond motifs is 1. The van der Waals surface area contributed by atoms with Crippen molar-refractivity contribution in [1.29, 1.82) is 0 Å². The van der Waals surface area contributed by atoms with Gasteiger partial charge in [0.2, 0.25) is 5.91 Å². The Hall–Kier alpha value is -2.54. The van der Waals surface area contributed by atoms with E-state index in [4.69, 9.17) is 4.74 Å². The van der Waals surface area contributed by atoms with Crippen molar-refractivity contribution in [2.75, 3.05) is 22.8 Å². The van der Waals surface area contributed by atoms with Crippen molar-refractivity contribution in [3.63, 3.8) is 0 Å². The van der Waals surface area contributed by atoms with Gasteiger partial charge >= 0.3 is 0 Å². The largest absolute Gasteiger partial charge is 0.490 e. The van der Waals surface area contributed by atoms with Crippen molar-refractivity contribution in [2.45, 2.75) is 18.7 Å². The van der Waals surface area contributed by atoms with Crippen LogP contribution in [0.4, 0.5) is 11.4 Å². The molecule has 126 valence electrons. The third-order valence-electron chi connectivity index (χ3n) is 3.87. The molecule has 0 atom stereocenters. The average Bonchev–Trinajstić information content (AvgIpc) is 2.55. The van der Waals surface area contributed by atoms with Crippen LogP contribution in [0.3, 0.4) is 0 Å². The molecular weight excluding hydrogens is 328 g/mol. The summed E-state index contributed by atoms with van der Waals surface area (Å²) in [6, 6.07) is 11.7. The fourth-order valence-electron chi connectivity index (χ4n) is 2.58. The van der Waals surface area contributed by atoms with Gasteiger partial charge in [0.25, 0.3) is 10.0 Å². The van der Waals surface area contributed by atoms with Crippen LogP contribution in [-0.2, 0) is 14.8 Å². The van der Waals surface area contributed by atoms with Gasteiger partial charge in [-0.25, -0.2) is 8.42 Å². The van der Waals surface area contributed by atoms with Gasteiger partial charge in [-0.3, -0.25) is 9.52 Å². The molecule has 2 aromatic carbocycles. The monoisotopic (exact) mass is 346 g/mol. The van der Waals surface area contributed by atoms with Crippen LogP contribution in [0.1, 0.15) is 12.5 Å². The van der Waals surface area contributed by atoms with Crippen molar-refractivity contribution >= 4 is 27.3 Å². The first-order valence-corrected chi connectivity index (χ1v) is 9.00. The number of hydrogen-bond acceptors (Lipinski definition) is 4.